The highest BCUT2D eigenvalue weighted by Gasteiger charge is 2.17. The molecule has 0 aliphatic heterocycles. The highest BCUT2D eigenvalue weighted by molar-refractivity contribution is 6.33. The summed E-state index contributed by atoms with van der Waals surface area (Å²) in [6.45, 7) is 7.48. The second-order valence-electron chi connectivity index (χ2n) is 6.92. The third-order valence-corrected chi connectivity index (χ3v) is 4.87. The van der Waals surface area contributed by atoms with Gasteiger partial charge in [0.05, 0.1) is 16.4 Å². The van der Waals surface area contributed by atoms with Crippen LogP contribution in [0.3, 0.4) is 0 Å². The van der Waals surface area contributed by atoms with Crippen molar-refractivity contribution in [3.8, 4) is 11.6 Å². The number of nitrogens with one attached hydrogen (secondary N) is 1. The van der Waals surface area contributed by atoms with Crippen molar-refractivity contribution in [3.05, 3.63) is 80.6 Å². The van der Waals surface area contributed by atoms with Gasteiger partial charge in [-0.2, -0.15) is 4.68 Å². The third kappa shape index (κ3) is 4.84. The SMILES string of the molecule is Cc1ccc(NC(=O)[C@H](C)Oc2ccc(=O)n(-c3ccc(C)c(C)c3)n2)c(Cl)c1. The maximum atomic E-state index is 12.5. The summed E-state index contributed by atoms with van der Waals surface area (Å²) in [5, 5.41) is 7.44. The van der Waals surface area contributed by atoms with Crippen molar-refractivity contribution in [2.45, 2.75) is 33.8 Å². The molecule has 2 aromatic carbocycles. The van der Waals surface area contributed by atoms with Crippen molar-refractivity contribution in [2.24, 2.45) is 0 Å². The van der Waals surface area contributed by atoms with Gasteiger partial charge in [-0.3, -0.25) is 9.59 Å². The minimum atomic E-state index is -0.842. The zero-order chi connectivity index (χ0) is 21.1. The molecule has 1 N–H and O–H groups in total. The molecule has 1 atom stereocenters. The predicted octanol–water partition coefficient (Wildman–Crippen LogP) is 4.22. The Labute approximate surface area is 174 Å². The van der Waals surface area contributed by atoms with Crippen LogP contribution in [-0.2, 0) is 4.79 Å². The molecule has 0 aliphatic rings. The first-order valence-electron chi connectivity index (χ1n) is 9.16. The van der Waals surface area contributed by atoms with Crippen LogP contribution in [0.5, 0.6) is 5.88 Å². The molecule has 7 heteroatoms. The molecule has 3 rings (SSSR count). The zero-order valence-electron chi connectivity index (χ0n) is 16.7. The Bertz CT molecular complexity index is 1120. The van der Waals surface area contributed by atoms with E-state index in [2.05, 4.69) is 10.4 Å². The summed E-state index contributed by atoms with van der Waals surface area (Å²) < 4.78 is 6.91. The van der Waals surface area contributed by atoms with E-state index in [4.69, 9.17) is 16.3 Å². The fraction of sp³-hybridized carbons (Fsp3) is 0.227. The Kier molecular flexibility index (Phi) is 6.03. The number of ether oxygens (including phenoxy) is 1. The average molecular weight is 412 g/mol. The van der Waals surface area contributed by atoms with Crippen molar-refractivity contribution < 1.29 is 9.53 Å². The first-order chi connectivity index (χ1) is 13.7. The quantitative estimate of drug-likeness (QED) is 0.682. The molecule has 0 radical (unpaired) electrons. The minimum Gasteiger partial charge on any atom is -0.463 e. The van der Waals surface area contributed by atoms with E-state index < -0.39 is 6.10 Å². The lowest BCUT2D eigenvalue weighted by molar-refractivity contribution is -0.122. The van der Waals surface area contributed by atoms with Gasteiger partial charge in [0.15, 0.2) is 6.10 Å². The Morgan fingerprint density at radius 2 is 1.83 bits per heavy atom. The van der Waals surface area contributed by atoms with E-state index >= 15 is 0 Å². The lowest BCUT2D eigenvalue weighted by atomic mass is 10.1. The summed E-state index contributed by atoms with van der Waals surface area (Å²) in [4.78, 5) is 24.7. The number of carbonyl (C=O) groups excluding carboxylic acids is 1. The van der Waals surface area contributed by atoms with E-state index in [1.807, 2.05) is 45.0 Å². The molecule has 1 heterocycles. The number of hydrogen-bond donors (Lipinski definition) is 1. The minimum absolute atomic E-state index is 0.167. The van der Waals surface area contributed by atoms with E-state index in [-0.39, 0.29) is 17.3 Å². The number of hydrogen-bond acceptors (Lipinski definition) is 4. The van der Waals surface area contributed by atoms with Gasteiger partial charge in [0.25, 0.3) is 11.5 Å². The Balaban J connectivity index is 1.78. The molecule has 0 aliphatic carbocycles. The predicted molar refractivity (Wildman–Crippen MR) is 114 cm³/mol. The standard InChI is InChI=1S/C22H22ClN3O3/c1-13-5-8-19(18(23)11-13)24-22(28)16(4)29-20-9-10-21(27)26(25-20)17-7-6-14(2)15(3)12-17/h5-12,16H,1-4H3,(H,24,28)/t16-/m0/s1. The average Bonchev–Trinajstić information content (AvgIpc) is 2.67. The number of nitrogens with zero attached hydrogens (tertiary/aromatic N) is 2. The van der Waals surface area contributed by atoms with Gasteiger partial charge < -0.3 is 10.1 Å². The van der Waals surface area contributed by atoms with Gasteiger partial charge in [-0.15, -0.1) is 5.10 Å². The molecule has 6 nitrogen and oxygen atoms in total. The van der Waals surface area contributed by atoms with Crippen molar-refractivity contribution >= 4 is 23.2 Å². The number of aryl methyl sites for hydroxylation is 3. The van der Waals surface area contributed by atoms with Crippen LogP contribution in [0, 0.1) is 20.8 Å². The van der Waals surface area contributed by atoms with E-state index in [0.717, 1.165) is 16.7 Å². The Hall–Kier alpha value is -3.12. The van der Waals surface area contributed by atoms with Crippen molar-refractivity contribution in [1.29, 1.82) is 0 Å². The summed E-state index contributed by atoms with van der Waals surface area (Å²) in [6, 6.07) is 13.8. The molecule has 0 unspecified atom stereocenters. The van der Waals surface area contributed by atoms with E-state index in [0.29, 0.717) is 16.4 Å². The Morgan fingerprint density at radius 1 is 1.07 bits per heavy atom. The highest BCUT2D eigenvalue weighted by Crippen LogP contribution is 2.23. The number of aromatic nitrogens is 2. The van der Waals surface area contributed by atoms with Crippen LogP contribution in [-0.4, -0.2) is 21.8 Å². The number of carbonyl (C=O) groups is 1. The smallest absolute Gasteiger partial charge is 0.271 e. The van der Waals surface area contributed by atoms with Crippen LogP contribution in [0.2, 0.25) is 5.02 Å². The summed E-state index contributed by atoms with van der Waals surface area (Å²) in [6.07, 6.45) is -0.842. The summed E-state index contributed by atoms with van der Waals surface area (Å²) in [5.74, 6) is -0.207. The summed E-state index contributed by atoms with van der Waals surface area (Å²) >= 11 is 6.16. The molecular weight excluding hydrogens is 390 g/mol. The molecule has 0 bridgehead atoms. The normalized spacial score (nSPS) is 11.8. The molecule has 1 amide bonds. The number of rotatable bonds is 5. The van der Waals surface area contributed by atoms with Gasteiger partial charge in [-0.1, -0.05) is 23.7 Å². The van der Waals surface area contributed by atoms with E-state index in [9.17, 15) is 9.59 Å². The van der Waals surface area contributed by atoms with Crippen molar-refractivity contribution in [1.82, 2.24) is 9.78 Å². The zero-order valence-corrected chi connectivity index (χ0v) is 17.4. The maximum absolute atomic E-state index is 12.5. The lowest BCUT2D eigenvalue weighted by Gasteiger charge is -2.16. The molecule has 1 aromatic heterocycles. The van der Waals surface area contributed by atoms with Crippen LogP contribution >= 0.6 is 11.6 Å². The van der Waals surface area contributed by atoms with Crippen LogP contribution < -0.4 is 15.6 Å². The monoisotopic (exact) mass is 411 g/mol. The van der Waals surface area contributed by atoms with Crippen molar-refractivity contribution in [2.75, 3.05) is 5.32 Å². The first kappa shape index (κ1) is 20.6. The molecule has 29 heavy (non-hydrogen) atoms. The summed E-state index contributed by atoms with van der Waals surface area (Å²) in [5.41, 5.74) is 4.01. The van der Waals surface area contributed by atoms with Crippen LogP contribution in [0.25, 0.3) is 5.69 Å². The van der Waals surface area contributed by atoms with E-state index in [1.165, 1.54) is 16.8 Å². The molecule has 3 aromatic rings. The fourth-order valence-electron chi connectivity index (χ4n) is 2.69. The molecule has 0 saturated carbocycles. The lowest BCUT2D eigenvalue weighted by Crippen LogP contribution is -2.31. The number of anilines is 1. The maximum Gasteiger partial charge on any atom is 0.271 e. The second-order valence-corrected chi connectivity index (χ2v) is 7.33. The van der Waals surface area contributed by atoms with Crippen molar-refractivity contribution in [3.63, 3.8) is 0 Å². The third-order valence-electron chi connectivity index (χ3n) is 4.56. The van der Waals surface area contributed by atoms with Crippen LogP contribution in [0.4, 0.5) is 5.69 Å². The van der Waals surface area contributed by atoms with E-state index in [1.54, 1.807) is 19.1 Å². The molecular formula is C22H22ClN3O3. The highest BCUT2D eigenvalue weighted by atomic mass is 35.5. The fourth-order valence-corrected chi connectivity index (χ4v) is 2.97. The van der Waals surface area contributed by atoms with Gasteiger partial charge in [0.2, 0.25) is 5.88 Å². The number of benzene rings is 2. The second kappa shape index (κ2) is 8.49. The van der Waals surface area contributed by atoms with Gasteiger partial charge in [-0.05, 0) is 68.7 Å². The number of amides is 1. The van der Waals surface area contributed by atoms with Gasteiger partial charge in [0.1, 0.15) is 0 Å². The molecule has 150 valence electrons. The van der Waals surface area contributed by atoms with Gasteiger partial charge in [-0.25, -0.2) is 0 Å². The molecule has 0 saturated heterocycles. The van der Waals surface area contributed by atoms with Gasteiger partial charge in [0, 0.05) is 12.1 Å². The first-order valence-corrected chi connectivity index (χ1v) is 9.54. The molecule has 0 spiro atoms. The largest absolute Gasteiger partial charge is 0.463 e. The van der Waals surface area contributed by atoms with Gasteiger partial charge >= 0.3 is 0 Å². The number of halogens is 1. The van der Waals surface area contributed by atoms with Crippen LogP contribution in [0.1, 0.15) is 23.6 Å². The molecule has 0 fully saturated rings. The topological polar surface area (TPSA) is 73.2 Å². The Morgan fingerprint density at radius 3 is 2.52 bits per heavy atom. The van der Waals surface area contributed by atoms with Crippen LogP contribution in [0.15, 0.2) is 53.3 Å². The summed E-state index contributed by atoms with van der Waals surface area (Å²) in [7, 11) is 0.